The van der Waals surface area contributed by atoms with E-state index in [1.807, 2.05) is 54.4 Å². The number of rotatable bonds is 4. The van der Waals surface area contributed by atoms with Gasteiger partial charge in [0.1, 0.15) is 11.8 Å². The molecule has 0 atom stereocenters. The molecule has 2 rings (SSSR count). The average molecular weight is 331 g/mol. The van der Waals surface area contributed by atoms with Crippen LogP contribution in [0.2, 0.25) is 0 Å². The van der Waals surface area contributed by atoms with Gasteiger partial charge in [-0.2, -0.15) is 5.26 Å². The van der Waals surface area contributed by atoms with Crippen molar-refractivity contribution in [2.75, 3.05) is 19.1 Å². The standard InChI is InChI=1S/C16H15BrN2O/c1-19(14-4-3-5-15(9-14)20-2)16-7-6-12(10-17)8-13(16)11-18/h3-9H,10H2,1-2H3. The quantitative estimate of drug-likeness (QED) is 0.787. The second-order valence-corrected chi connectivity index (χ2v) is 4.92. The van der Waals surface area contributed by atoms with Gasteiger partial charge in [-0.3, -0.25) is 0 Å². The molecule has 0 aliphatic rings. The molecule has 0 fully saturated rings. The topological polar surface area (TPSA) is 36.3 Å². The van der Waals surface area contributed by atoms with Crippen LogP contribution < -0.4 is 9.64 Å². The van der Waals surface area contributed by atoms with Crippen LogP contribution in [0.25, 0.3) is 0 Å². The van der Waals surface area contributed by atoms with Crippen LogP contribution in [0.4, 0.5) is 11.4 Å². The molecule has 0 aliphatic carbocycles. The van der Waals surface area contributed by atoms with E-state index in [2.05, 4.69) is 22.0 Å². The molecule has 0 radical (unpaired) electrons. The van der Waals surface area contributed by atoms with Crippen molar-refractivity contribution in [3.05, 3.63) is 53.6 Å². The van der Waals surface area contributed by atoms with Crippen molar-refractivity contribution in [2.45, 2.75) is 5.33 Å². The van der Waals surface area contributed by atoms with E-state index in [9.17, 15) is 5.26 Å². The Morgan fingerprint density at radius 2 is 2.05 bits per heavy atom. The highest BCUT2D eigenvalue weighted by molar-refractivity contribution is 9.08. The second kappa shape index (κ2) is 6.44. The third kappa shape index (κ3) is 2.94. The first-order valence-electron chi connectivity index (χ1n) is 6.16. The van der Waals surface area contributed by atoms with E-state index in [0.717, 1.165) is 28.0 Å². The number of nitrogens with zero attached hydrogens (tertiary/aromatic N) is 2. The van der Waals surface area contributed by atoms with Crippen molar-refractivity contribution in [1.29, 1.82) is 5.26 Å². The maximum atomic E-state index is 9.32. The van der Waals surface area contributed by atoms with Crippen LogP contribution in [-0.2, 0) is 5.33 Å². The summed E-state index contributed by atoms with van der Waals surface area (Å²) in [6.45, 7) is 0. The van der Waals surface area contributed by atoms with E-state index in [1.165, 1.54) is 0 Å². The molecule has 3 nitrogen and oxygen atoms in total. The van der Waals surface area contributed by atoms with E-state index in [-0.39, 0.29) is 0 Å². The molecule has 0 saturated heterocycles. The summed E-state index contributed by atoms with van der Waals surface area (Å²) in [6, 6.07) is 15.9. The number of halogens is 1. The summed E-state index contributed by atoms with van der Waals surface area (Å²) in [7, 11) is 3.59. The molecule has 2 aromatic carbocycles. The van der Waals surface area contributed by atoms with Gasteiger partial charge < -0.3 is 9.64 Å². The predicted octanol–water partition coefficient (Wildman–Crippen LogP) is 4.23. The van der Waals surface area contributed by atoms with E-state index in [0.29, 0.717) is 5.56 Å². The van der Waals surface area contributed by atoms with Gasteiger partial charge >= 0.3 is 0 Å². The Bertz CT molecular complexity index is 649. The van der Waals surface area contributed by atoms with Gasteiger partial charge in [0, 0.05) is 24.1 Å². The first-order valence-corrected chi connectivity index (χ1v) is 7.28. The lowest BCUT2D eigenvalue weighted by atomic mass is 10.1. The van der Waals surface area contributed by atoms with Gasteiger partial charge in [-0.1, -0.05) is 28.1 Å². The molecule has 0 N–H and O–H groups in total. The van der Waals surface area contributed by atoms with Crippen LogP contribution in [0.3, 0.4) is 0 Å². The molecular weight excluding hydrogens is 316 g/mol. The van der Waals surface area contributed by atoms with E-state index in [1.54, 1.807) is 7.11 Å². The molecule has 2 aromatic rings. The Labute approximate surface area is 127 Å². The minimum Gasteiger partial charge on any atom is -0.497 e. The van der Waals surface area contributed by atoms with E-state index < -0.39 is 0 Å². The van der Waals surface area contributed by atoms with Crippen LogP contribution in [-0.4, -0.2) is 14.2 Å². The Morgan fingerprint density at radius 3 is 2.70 bits per heavy atom. The number of alkyl halides is 1. The molecule has 0 saturated carbocycles. The minimum atomic E-state index is 0.660. The van der Waals surface area contributed by atoms with Gasteiger partial charge in [0.15, 0.2) is 0 Å². The summed E-state index contributed by atoms with van der Waals surface area (Å²) in [5.41, 5.74) is 3.61. The smallest absolute Gasteiger partial charge is 0.120 e. The molecule has 20 heavy (non-hydrogen) atoms. The number of anilines is 2. The van der Waals surface area contributed by atoms with Crippen molar-refractivity contribution >= 4 is 27.3 Å². The highest BCUT2D eigenvalue weighted by atomic mass is 79.9. The largest absolute Gasteiger partial charge is 0.497 e. The van der Waals surface area contributed by atoms with Gasteiger partial charge in [-0.25, -0.2) is 0 Å². The number of hydrogen-bond donors (Lipinski definition) is 0. The van der Waals surface area contributed by atoms with E-state index >= 15 is 0 Å². The van der Waals surface area contributed by atoms with Crippen LogP contribution in [0.15, 0.2) is 42.5 Å². The third-order valence-corrected chi connectivity index (χ3v) is 3.79. The number of hydrogen-bond acceptors (Lipinski definition) is 3. The number of methoxy groups -OCH3 is 1. The Balaban J connectivity index is 2.42. The fourth-order valence-corrected chi connectivity index (χ4v) is 2.36. The fraction of sp³-hybridized carbons (Fsp3) is 0.188. The molecule has 0 heterocycles. The third-order valence-electron chi connectivity index (χ3n) is 3.14. The summed E-state index contributed by atoms with van der Waals surface area (Å²) in [5, 5.41) is 10.1. The zero-order chi connectivity index (χ0) is 14.5. The van der Waals surface area contributed by atoms with Gasteiger partial charge in [0.05, 0.1) is 18.4 Å². The highest BCUT2D eigenvalue weighted by Gasteiger charge is 2.10. The lowest BCUT2D eigenvalue weighted by Gasteiger charge is -2.21. The maximum Gasteiger partial charge on any atom is 0.120 e. The molecule has 0 amide bonds. The summed E-state index contributed by atoms with van der Waals surface area (Å²) < 4.78 is 5.24. The maximum absolute atomic E-state index is 9.32. The van der Waals surface area contributed by atoms with Gasteiger partial charge in [0.2, 0.25) is 0 Å². The molecule has 4 heteroatoms. The van der Waals surface area contributed by atoms with Gasteiger partial charge in [0.25, 0.3) is 0 Å². The minimum absolute atomic E-state index is 0.660. The lowest BCUT2D eigenvalue weighted by Crippen LogP contribution is -2.11. The van der Waals surface area contributed by atoms with E-state index in [4.69, 9.17) is 4.74 Å². The molecule has 102 valence electrons. The molecule has 0 spiro atoms. The second-order valence-electron chi connectivity index (χ2n) is 4.36. The number of benzene rings is 2. The van der Waals surface area contributed by atoms with Crippen molar-refractivity contribution in [1.82, 2.24) is 0 Å². The first-order chi connectivity index (χ1) is 9.69. The van der Waals surface area contributed by atoms with Crippen molar-refractivity contribution in [3.8, 4) is 11.8 Å². The zero-order valence-electron chi connectivity index (χ0n) is 11.4. The molecule has 0 aromatic heterocycles. The van der Waals surface area contributed by atoms with Crippen molar-refractivity contribution < 1.29 is 4.74 Å². The van der Waals surface area contributed by atoms with Gasteiger partial charge in [-0.15, -0.1) is 0 Å². The Kier molecular flexibility index (Phi) is 4.65. The Morgan fingerprint density at radius 1 is 1.25 bits per heavy atom. The van der Waals surface area contributed by atoms with Crippen molar-refractivity contribution in [3.63, 3.8) is 0 Å². The lowest BCUT2D eigenvalue weighted by molar-refractivity contribution is 0.415. The average Bonchev–Trinajstić information content (AvgIpc) is 2.53. The zero-order valence-corrected chi connectivity index (χ0v) is 13.0. The van der Waals surface area contributed by atoms with Crippen LogP contribution >= 0.6 is 15.9 Å². The first kappa shape index (κ1) is 14.4. The summed E-state index contributed by atoms with van der Waals surface area (Å²) >= 11 is 3.41. The van der Waals surface area contributed by atoms with Crippen LogP contribution in [0.1, 0.15) is 11.1 Å². The number of nitriles is 1. The van der Waals surface area contributed by atoms with Crippen LogP contribution in [0, 0.1) is 11.3 Å². The molecular formula is C16H15BrN2O. The summed E-state index contributed by atoms with van der Waals surface area (Å²) in [6.07, 6.45) is 0. The monoisotopic (exact) mass is 330 g/mol. The van der Waals surface area contributed by atoms with Crippen LogP contribution in [0.5, 0.6) is 5.75 Å². The SMILES string of the molecule is COc1cccc(N(C)c2ccc(CBr)cc2C#N)c1. The molecule has 0 bridgehead atoms. The Hall–Kier alpha value is -1.99. The highest BCUT2D eigenvalue weighted by Crippen LogP contribution is 2.30. The summed E-state index contributed by atoms with van der Waals surface area (Å²) in [5.74, 6) is 0.796. The predicted molar refractivity (Wildman–Crippen MR) is 84.8 cm³/mol. The summed E-state index contributed by atoms with van der Waals surface area (Å²) in [4.78, 5) is 1.99. The number of ether oxygens (including phenoxy) is 1. The van der Waals surface area contributed by atoms with Gasteiger partial charge in [-0.05, 0) is 29.8 Å². The molecule has 0 aliphatic heterocycles. The normalized spacial score (nSPS) is 9.90. The van der Waals surface area contributed by atoms with Crippen molar-refractivity contribution in [2.24, 2.45) is 0 Å². The fourth-order valence-electron chi connectivity index (χ4n) is 2.01. The molecule has 0 unspecified atom stereocenters.